The van der Waals surface area contributed by atoms with Crippen LogP contribution in [0.4, 0.5) is 4.39 Å². The first kappa shape index (κ1) is 21.4. The summed E-state index contributed by atoms with van der Waals surface area (Å²) in [5.74, 6) is -0.204. The van der Waals surface area contributed by atoms with Gasteiger partial charge < -0.3 is 14.5 Å². The fraction of sp³-hybridized carbons (Fsp3) is 0.520. The maximum absolute atomic E-state index is 13.6. The van der Waals surface area contributed by atoms with Crippen LogP contribution in [-0.4, -0.2) is 68.6 Å². The number of nitrogens with zero attached hydrogens (tertiary/aromatic N) is 3. The molecule has 1 fully saturated rings. The number of benzene rings is 2. The largest absolute Gasteiger partial charge is 0.361 e. The molecular weight excluding hydrogens is 377 g/mol. The SMILES string of the molecule is CN(C)CCCC1(c2ccc(F)cc2)OCc2c(CN3CCN(C)CC3)cccc21. The summed E-state index contributed by atoms with van der Waals surface area (Å²) in [6.07, 6.45) is 1.91. The van der Waals surface area contributed by atoms with Crippen molar-refractivity contribution in [3.63, 3.8) is 0 Å². The molecule has 162 valence electrons. The number of ether oxygens (including phenoxy) is 1. The fourth-order valence-electron chi connectivity index (χ4n) is 4.80. The molecule has 4 nitrogen and oxygen atoms in total. The molecule has 0 bridgehead atoms. The molecule has 2 aliphatic rings. The Bertz CT molecular complexity index is 846. The minimum atomic E-state index is -0.489. The summed E-state index contributed by atoms with van der Waals surface area (Å²) < 4.78 is 20.2. The van der Waals surface area contributed by atoms with Crippen molar-refractivity contribution in [2.75, 3.05) is 53.9 Å². The zero-order chi connectivity index (χ0) is 21.1. The number of fused-ring (bicyclic) bond motifs is 1. The summed E-state index contributed by atoms with van der Waals surface area (Å²) in [5.41, 5.74) is 4.52. The number of hydrogen-bond donors (Lipinski definition) is 0. The molecular formula is C25H34FN3O. The van der Waals surface area contributed by atoms with E-state index in [1.54, 1.807) is 12.1 Å². The van der Waals surface area contributed by atoms with E-state index in [1.165, 1.54) is 16.7 Å². The lowest BCUT2D eigenvalue weighted by molar-refractivity contribution is -0.0141. The van der Waals surface area contributed by atoms with E-state index < -0.39 is 5.60 Å². The third-order valence-electron chi connectivity index (χ3n) is 6.61. The van der Waals surface area contributed by atoms with Crippen LogP contribution in [0, 0.1) is 5.82 Å². The first-order valence-electron chi connectivity index (χ1n) is 11.0. The summed E-state index contributed by atoms with van der Waals surface area (Å²) in [6.45, 7) is 7.05. The maximum Gasteiger partial charge on any atom is 0.123 e. The molecule has 0 radical (unpaired) electrons. The molecule has 2 aliphatic heterocycles. The van der Waals surface area contributed by atoms with Crippen LogP contribution in [-0.2, 0) is 23.5 Å². The van der Waals surface area contributed by atoms with Crippen molar-refractivity contribution in [3.8, 4) is 0 Å². The minimum Gasteiger partial charge on any atom is -0.361 e. The van der Waals surface area contributed by atoms with Gasteiger partial charge in [-0.05, 0) is 74.9 Å². The van der Waals surface area contributed by atoms with E-state index in [0.29, 0.717) is 6.61 Å². The Labute approximate surface area is 180 Å². The van der Waals surface area contributed by atoms with E-state index >= 15 is 0 Å². The van der Waals surface area contributed by atoms with Crippen LogP contribution >= 0.6 is 0 Å². The Hall–Kier alpha value is -1.79. The molecule has 0 amide bonds. The fourth-order valence-corrected chi connectivity index (χ4v) is 4.80. The van der Waals surface area contributed by atoms with Crippen molar-refractivity contribution in [1.29, 1.82) is 0 Å². The van der Waals surface area contributed by atoms with E-state index in [9.17, 15) is 4.39 Å². The molecule has 1 atom stereocenters. The highest BCUT2D eigenvalue weighted by Gasteiger charge is 2.42. The highest BCUT2D eigenvalue weighted by molar-refractivity contribution is 5.47. The lowest BCUT2D eigenvalue weighted by atomic mass is 9.81. The lowest BCUT2D eigenvalue weighted by Gasteiger charge is -2.33. The molecule has 2 aromatic rings. The van der Waals surface area contributed by atoms with Gasteiger partial charge in [0.15, 0.2) is 0 Å². The minimum absolute atomic E-state index is 0.204. The van der Waals surface area contributed by atoms with Gasteiger partial charge in [-0.3, -0.25) is 4.90 Å². The van der Waals surface area contributed by atoms with Crippen LogP contribution in [0.25, 0.3) is 0 Å². The van der Waals surface area contributed by atoms with Gasteiger partial charge in [-0.2, -0.15) is 0 Å². The van der Waals surface area contributed by atoms with Gasteiger partial charge in [-0.25, -0.2) is 4.39 Å². The molecule has 2 heterocycles. The van der Waals surface area contributed by atoms with E-state index in [2.05, 4.69) is 54.0 Å². The summed E-state index contributed by atoms with van der Waals surface area (Å²) in [5, 5.41) is 0. The third kappa shape index (κ3) is 4.45. The van der Waals surface area contributed by atoms with Gasteiger partial charge in [0.05, 0.1) is 6.61 Å². The van der Waals surface area contributed by atoms with Gasteiger partial charge >= 0.3 is 0 Å². The van der Waals surface area contributed by atoms with Gasteiger partial charge in [-0.1, -0.05) is 30.3 Å². The highest BCUT2D eigenvalue weighted by Crippen LogP contribution is 2.46. The third-order valence-corrected chi connectivity index (χ3v) is 6.61. The Morgan fingerprint density at radius 2 is 1.77 bits per heavy atom. The van der Waals surface area contributed by atoms with E-state index in [0.717, 1.165) is 57.7 Å². The topological polar surface area (TPSA) is 19.0 Å². The molecule has 2 aromatic carbocycles. The van der Waals surface area contributed by atoms with Crippen LogP contribution < -0.4 is 0 Å². The second-order valence-corrected chi connectivity index (χ2v) is 9.05. The Morgan fingerprint density at radius 1 is 1.03 bits per heavy atom. The van der Waals surface area contributed by atoms with Crippen molar-refractivity contribution < 1.29 is 9.13 Å². The van der Waals surface area contributed by atoms with Crippen LogP contribution in [0.3, 0.4) is 0 Å². The molecule has 1 saturated heterocycles. The summed E-state index contributed by atoms with van der Waals surface area (Å²) in [7, 11) is 6.39. The average molecular weight is 412 g/mol. The Kier molecular flexibility index (Phi) is 6.54. The average Bonchev–Trinajstić information content (AvgIpc) is 3.11. The van der Waals surface area contributed by atoms with Crippen molar-refractivity contribution in [1.82, 2.24) is 14.7 Å². The van der Waals surface area contributed by atoms with Crippen molar-refractivity contribution >= 4 is 0 Å². The van der Waals surface area contributed by atoms with E-state index in [-0.39, 0.29) is 5.82 Å². The summed E-state index contributed by atoms with van der Waals surface area (Å²) in [6, 6.07) is 13.5. The molecule has 1 unspecified atom stereocenters. The molecule has 4 rings (SSSR count). The van der Waals surface area contributed by atoms with Gasteiger partial charge in [0, 0.05) is 32.7 Å². The van der Waals surface area contributed by atoms with Crippen LogP contribution in [0.1, 0.15) is 35.1 Å². The van der Waals surface area contributed by atoms with Gasteiger partial charge in [0.2, 0.25) is 0 Å². The van der Waals surface area contributed by atoms with E-state index in [1.807, 2.05) is 12.1 Å². The highest BCUT2D eigenvalue weighted by atomic mass is 19.1. The monoisotopic (exact) mass is 411 g/mol. The molecule has 30 heavy (non-hydrogen) atoms. The predicted molar refractivity (Wildman–Crippen MR) is 119 cm³/mol. The van der Waals surface area contributed by atoms with Gasteiger partial charge in [0.25, 0.3) is 0 Å². The van der Waals surface area contributed by atoms with Crippen LogP contribution in [0.15, 0.2) is 42.5 Å². The standard InChI is InChI=1S/C25H34FN3O/c1-27(2)13-5-12-25(21-8-10-22(26)11-9-21)24-7-4-6-20(23(24)19-30-25)18-29-16-14-28(3)15-17-29/h4,6-11H,5,12-19H2,1-3H3. The second-order valence-electron chi connectivity index (χ2n) is 9.05. The molecule has 5 heteroatoms. The second kappa shape index (κ2) is 9.15. The zero-order valence-electron chi connectivity index (χ0n) is 18.5. The van der Waals surface area contributed by atoms with E-state index in [4.69, 9.17) is 4.74 Å². The molecule has 0 saturated carbocycles. The maximum atomic E-state index is 13.6. The van der Waals surface area contributed by atoms with Crippen molar-refractivity contribution in [2.45, 2.75) is 31.6 Å². The predicted octanol–water partition coefficient (Wildman–Crippen LogP) is 3.69. The Morgan fingerprint density at radius 3 is 2.47 bits per heavy atom. The number of hydrogen-bond acceptors (Lipinski definition) is 4. The summed E-state index contributed by atoms with van der Waals surface area (Å²) >= 11 is 0. The number of halogens is 1. The molecule has 0 spiro atoms. The first-order chi connectivity index (χ1) is 14.5. The lowest BCUT2D eigenvalue weighted by Crippen LogP contribution is -2.44. The first-order valence-corrected chi connectivity index (χ1v) is 11.0. The molecule has 0 aromatic heterocycles. The number of likely N-dealkylation sites (N-methyl/N-ethyl adjacent to an activating group) is 1. The summed E-state index contributed by atoms with van der Waals surface area (Å²) in [4.78, 5) is 7.14. The van der Waals surface area contributed by atoms with Crippen molar-refractivity contribution in [2.24, 2.45) is 0 Å². The van der Waals surface area contributed by atoms with Crippen molar-refractivity contribution in [3.05, 3.63) is 70.5 Å². The van der Waals surface area contributed by atoms with Crippen LogP contribution in [0.2, 0.25) is 0 Å². The van der Waals surface area contributed by atoms with Gasteiger partial charge in [-0.15, -0.1) is 0 Å². The van der Waals surface area contributed by atoms with Gasteiger partial charge in [0.1, 0.15) is 11.4 Å². The smallest absolute Gasteiger partial charge is 0.123 e. The van der Waals surface area contributed by atoms with Crippen LogP contribution in [0.5, 0.6) is 0 Å². The molecule has 0 N–H and O–H groups in total. The Balaban J connectivity index is 1.64. The molecule has 0 aliphatic carbocycles. The quantitative estimate of drug-likeness (QED) is 0.692. The zero-order valence-corrected chi connectivity index (χ0v) is 18.5. The number of piperazine rings is 1. The normalized spacial score (nSPS) is 22.6. The number of rotatable bonds is 7.